The Balaban J connectivity index is 1.57. The van der Waals surface area contributed by atoms with Crippen LogP contribution in [0.25, 0.3) is 0 Å². The Morgan fingerprint density at radius 1 is 1.04 bits per heavy atom. The maximum absolute atomic E-state index is 5.83. The van der Waals surface area contributed by atoms with Crippen LogP contribution in [0.3, 0.4) is 0 Å². The van der Waals surface area contributed by atoms with Gasteiger partial charge in [-0.1, -0.05) is 47.1 Å². The van der Waals surface area contributed by atoms with E-state index in [9.17, 15) is 0 Å². The first-order valence-electron chi connectivity index (χ1n) is 7.34. The molecule has 7 heteroatoms. The fraction of sp³-hybridized carbons (Fsp3) is 0.312. The number of thioether (sulfide) groups is 1. The molecule has 0 radical (unpaired) electrons. The van der Waals surface area contributed by atoms with Gasteiger partial charge in [-0.15, -0.1) is 0 Å². The van der Waals surface area contributed by atoms with Crippen LogP contribution in [-0.4, -0.2) is 38.9 Å². The van der Waals surface area contributed by atoms with Gasteiger partial charge in [0, 0.05) is 37.8 Å². The Labute approximate surface area is 149 Å². The monoisotopic (exact) mass is 366 g/mol. The topological polar surface area (TPSA) is 41.4 Å². The number of hydrogen-bond donors (Lipinski definition) is 0. The van der Waals surface area contributed by atoms with Gasteiger partial charge in [-0.25, -0.2) is 9.97 Å². The summed E-state index contributed by atoms with van der Waals surface area (Å²) in [5, 5.41) is 2.14. The Kier molecular flexibility index (Phi) is 5.75. The molecule has 0 atom stereocenters. The fourth-order valence-corrected chi connectivity index (χ4v) is 3.52. The molecule has 2 aromatic heterocycles. The molecule has 4 nitrogen and oxygen atoms in total. The average Bonchev–Trinajstić information content (AvgIpc) is 2.99. The molecule has 0 bridgehead atoms. The molecule has 0 spiro atoms. The van der Waals surface area contributed by atoms with Gasteiger partial charge in [0.1, 0.15) is 10.3 Å². The van der Waals surface area contributed by atoms with Crippen LogP contribution >= 0.6 is 35.0 Å². The van der Waals surface area contributed by atoms with Gasteiger partial charge in [-0.05, 0) is 29.7 Å². The molecular weight excluding hydrogens is 351 g/mol. The normalized spacial score (nSPS) is 16.3. The first kappa shape index (κ1) is 16.6. The van der Waals surface area contributed by atoms with Gasteiger partial charge in [0.05, 0.1) is 0 Å². The standard InChI is InChI=1S/C16H16Cl2N4S/c17-14-3-1-12(9-20-14)5-6-19-16-22(7-8-23-16)11-13-2-4-15(18)21-10-13/h1-4,9-10H,5-8,11H2/b19-16-. The van der Waals surface area contributed by atoms with E-state index in [2.05, 4.69) is 14.9 Å². The summed E-state index contributed by atoms with van der Waals surface area (Å²) in [5.74, 6) is 1.07. The number of rotatable bonds is 5. The van der Waals surface area contributed by atoms with Crippen LogP contribution in [0, 0.1) is 0 Å². The van der Waals surface area contributed by atoms with Crippen molar-refractivity contribution in [1.29, 1.82) is 0 Å². The van der Waals surface area contributed by atoms with E-state index in [1.807, 2.05) is 36.7 Å². The van der Waals surface area contributed by atoms with Crippen molar-refractivity contribution in [3.05, 3.63) is 58.1 Å². The summed E-state index contributed by atoms with van der Waals surface area (Å²) in [6.45, 7) is 2.58. The summed E-state index contributed by atoms with van der Waals surface area (Å²) in [4.78, 5) is 15.2. The van der Waals surface area contributed by atoms with Crippen LogP contribution in [0.5, 0.6) is 0 Å². The zero-order valence-electron chi connectivity index (χ0n) is 12.5. The molecular formula is C16H16Cl2N4S. The lowest BCUT2D eigenvalue weighted by Crippen LogP contribution is -2.24. The Bertz CT molecular complexity index is 673. The molecule has 1 aliphatic heterocycles. The van der Waals surface area contributed by atoms with Crippen molar-refractivity contribution in [1.82, 2.24) is 14.9 Å². The molecule has 2 aromatic rings. The average molecular weight is 367 g/mol. The van der Waals surface area contributed by atoms with Crippen LogP contribution < -0.4 is 0 Å². The summed E-state index contributed by atoms with van der Waals surface area (Å²) in [6, 6.07) is 7.64. The van der Waals surface area contributed by atoms with Gasteiger partial charge in [-0.3, -0.25) is 4.99 Å². The fourth-order valence-electron chi connectivity index (χ4n) is 2.28. The van der Waals surface area contributed by atoms with Crippen molar-refractivity contribution < 1.29 is 0 Å². The zero-order valence-corrected chi connectivity index (χ0v) is 14.8. The second-order valence-electron chi connectivity index (χ2n) is 5.16. The van der Waals surface area contributed by atoms with Gasteiger partial charge in [0.25, 0.3) is 0 Å². The third kappa shape index (κ3) is 4.83. The number of pyridine rings is 2. The van der Waals surface area contributed by atoms with E-state index in [1.54, 1.807) is 11.8 Å². The summed E-state index contributed by atoms with van der Waals surface area (Å²) >= 11 is 13.4. The third-order valence-electron chi connectivity index (χ3n) is 3.46. The third-order valence-corrected chi connectivity index (χ3v) is 4.94. The van der Waals surface area contributed by atoms with E-state index in [-0.39, 0.29) is 0 Å². The van der Waals surface area contributed by atoms with Crippen LogP contribution in [0.2, 0.25) is 10.3 Å². The van der Waals surface area contributed by atoms with Gasteiger partial charge in [0.2, 0.25) is 0 Å². The minimum absolute atomic E-state index is 0.522. The van der Waals surface area contributed by atoms with Crippen molar-refractivity contribution in [2.45, 2.75) is 13.0 Å². The molecule has 0 aromatic carbocycles. The Hall–Kier alpha value is -1.30. The molecule has 120 valence electrons. The van der Waals surface area contributed by atoms with E-state index < -0.39 is 0 Å². The molecule has 0 N–H and O–H groups in total. The first-order chi connectivity index (χ1) is 11.2. The van der Waals surface area contributed by atoms with Crippen LogP contribution in [0.1, 0.15) is 11.1 Å². The number of amidine groups is 1. The molecule has 0 aliphatic carbocycles. The highest BCUT2D eigenvalue weighted by Crippen LogP contribution is 2.21. The van der Waals surface area contributed by atoms with Crippen molar-refractivity contribution >= 4 is 40.1 Å². The molecule has 3 heterocycles. The second-order valence-corrected chi connectivity index (χ2v) is 7.00. The largest absolute Gasteiger partial charge is 0.346 e. The van der Waals surface area contributed by atoms with E-state index in [1.165, 1.54) is 0 Å². The number of hydrogen-bond acceptors (Lipinski definition) is 4. The number of halogens is 2. The smallest absolute Gasteiger partial charge is 0.159 e. The molecule has 1 saturated heterocycles. The zero-order chi connectivity index (χ0) is 16.1. The van der Waals surface area contributed by atoms with Gasteiger partial charge in [-0.2, -0.15) is 0 Å². The maximum Gasteiger partial charge on any atom is 0.159 e. The summed E-state index contributed by atoms with van der Waals surface area (Å²) in [5.41, 5.74) is 2.29. The molecule has 0 saturated carbocycles. The van der Waals surface area contributed by atoms with Crippen molar-refractivity contribution in [2.24, 2.45) is 4.99 Å². The Morgan fingerprint density at radius 2 is 1.74 bits per heavy atom. The molecule has 0 unspecified atom stereocenters. The van der Waals surface area contributed by atoms with Crippen LogP contribution in [0.4, 0.5) is 0 Å². The molecule has 1 fully saturated rings. The quantitative estimate of drug-likeness (QED) is 0.751. The first-order valence-corrected chi connectivity index (χ1v) is 9.08. The van der Waals surface area contributed by atoms with E-state index in [4.69, 9.17) is 28.2 Å². The van der Waals surface area contributed by atoms with Crippen molar-refractivity contribution in [3.63, 3.8) is 0 Å². The lowest BCUT2D eigenvalue weighted by Gasteiger charge is -2.17. The maximum atomic E-state index is 5.83. The van der Waals surface area contributed by atoms with E-state index >= 15 is 0 Å². The predicted molar refractivity (Wildman–Crippen MR) is 97.4 cm³/mol. The van der Waals surface area contributed by atoms with E-state index in [0.717, 1.165) is 48.1 Å². The molecule has 1 aliphatic rings. The lowest BCUT2D eigenvalue weighted by molar-refractivity contribution is 0.454. The summed E-state index contributed by atoms with van der Waals surface area (Å²) in [7, 11) is 0. The lowest BCUT2D eigenvalue weighted by atomic mass is 10.2. The minimum Gasteiger partial charge on any atom is -0.346 e. The molecule has 3 rings (SSSR count). The number of aliphatic imine (C=N–C) groups is 1. The van der Waals surface area contributed by atoms with Crippen LogP contribution in [-0.2, 0) is 13.0 Å². The molecule has 23 heavy (non-hydrogen) atoms. The SMILES string of the molecule is Clc1ccc(CC/N=C2\SCCN2Cc2ccc(Cl)nc2)cn1. The number of nitrogens with zero attached hydrogens (tertiary/aromatic N) is 4. The number of aromatic nitrogens is 2. The van der Waals surface area contributed by atoms with Crippen molar-refractivity contribution in [2.75, 3.05) is 18.8 Å². The van der Waals surface area contributed by atoms with E-state index in [0.29, 0.717) is 10.3 Å². The highest BCUT2D eigenvalue weighted by atomic mass is 35.5. The molecule has 0 amide bonds. The summed E-state index contributed by atoms with van der Waals surface area (Å²) < 4.78 is 0. The van der Waals surface area contributed by atoms with Crippen LogP contribution in [0.15, 0.2) is 41.7 Å². The Morgan fingerprint density at radius 3 is 2.39 bits per heavy atom. The van der Waals surface area contributed by atoms with Gasteiger partial charge >= 0.3 is 0 Å². The van der Waals surface area contributed by atoms with Gasteiger partial charge in [0.15, 0.2) is 5.17 Å². The second kappa shape index (κ2) is 7.99. The van der Waals surface area contributed by atoms with Crippen molar-refractivity contribution in [3.8, 4) is 0 Å². The van der Waals surface area contributed by atoms with Gasteiger partial charge < -0.3 is 4.90 Å². The highest BCUT2D eigenvalue weighted by molar-refractivity contribution is 8.14. The minimum atomic E-state index is 0.522. The predicted octanol–water partition coefficient (Wildman–Crippen LogP) is 3.93. The highest BCUT2D eigenvalue weighted by Gasteiger charge is 2.19. The summed E-state index contributed by atoms with van der Waals surface area (Å²) in [6.07, 6.45) is 4.49.